The average Bonchev–Trinajstić information content (AvgIpc) is 2.10. The highest BCUT2D eigenvalue weighted by atomic mass is 16.2. The predicted octanol–water partition coefficient (Wildman–Crippen LogP) is 0.0551. The normalized spacial score (nSPS) is 25.7. The molecule has 0 aromatic heterocycles. The smallest absolute Gasteiger partial charge is 0.320 e. The summed E-state index contributed by atoms with van der Waals surface area (Å²) in [5, 5.41) is 12.1. The molecular weight excluding hydrogens is 118 g/mol. The Labute approximate surface area is 53.1 Å². The van der Waals surface area contributed by atoms with Crippen LogP contribution in [0.15, 0.2) is 0 Å². The maximum atomic E-state index is 10.5. The first-order valence-corrected chi connectivity index (χ1v) is 2.90. The third kappa shape index (κ3) is 1.01. The molecule has 1 rings (SSSR count). The summed E-state index contributed by atoms with van der Waals surface area (Å²) in [6.45, 7) is 1.92. The lowest BCUT2D eigenvalue weighted by Crippen LogP contribution is -2.27. The van der Waals surface area contributed by atoms with Crippen molar-refractivity contribution in [2.75, 3.05) is 0 Å². The van der Waals surface area contributed by atoms with E-state index in [2.05, 4.69) is 10.6 Å². The highest BCUT2D eigenvalue weighted by Crippen LogP contribution is 1.96. The summed E-state index contributed by atoms with van der Waals surface area (Å²) in [6.07, 6.45) is 0.775. The molecule has 0 radical (unpaired) electrons. The lowest BCUT2D eigenvalue weighted by molar-refractivity contribution is 0.247. The van der Waals surface area contributed by atoms with E-state index in [1.807, 2.05) is 6.92 Å². The number of amidine groups is 1. The summed E-state index contributed by atoms with van der Waals surface area (Å²) in [5.74, 6) is 0.280. The van der Waals surface area contributed by atoms with Gasteiger partial charge in [0.1, 0.15) is 5.84 Å². The van der Waals surface area contributed by atoms with Gasteiger partial charge in [0.2, 0.25) is 0 Å². The Morgan fingerprint density at radius 2 is 2.44 bits per heavy atom. The molecule has 3 N–H and O–H groups in total. The van der Waals surface area contributed by atoms with Crippen LogP contribution in [-0.2, 0) is 0 Å². The molecule has 0 bridgehead atoms. The molecule has 1 atom stereocenters. The minimum Gasteiger partial charge on any atom is -0.328 e. The van der Waals surface area contributed by atoms with Gasteiger partial charge in [-0.3, -0.25) is 10.7 Å². The van der Waals surface area contributed by atoms with Crippen molar-refractivity contribution < 1.29 is 4.79 Å². The van der Waals surface area contributed by atoms with Crippen LogP contribution in [0.5, 0.6) is 0 Å². The van der Waals surface area contributed by atoms with Gasteiger partial charge in [-0.15, -0.1) is 0 Å². The molecule has 1 fully saturated rings. The summed E-state index contributed by atoms with van der Waals surface area (Å²) in [4.78, 5) is 10.5. The second-order valence-corrected chi connectivity index (χ2v) is 1.97. The van der Waals surface area contributed by atoms with Gasteiger partial charge in [0, 0.05) is 0 Å². The van der Waals surface area contributed by atoms with E-state index in [0.29, 0.717) is 0 Å². The fourth-order valence-electron chi connectivity index (χ4n) is 0.782. The minimum atomic E-state index is -0.258. The first-order valence-electron chi connectivity index (χ1n) is 2.90. The van der Waals surface area contributed by atoms with Crippen molar-refractivity contribution in [1.82, 2.24) is 10.6 Å². The van der Waals surface area contributed by atoms with E-state index < -0.39 is 0 Å². The van der Waals surface area contributed by atoms with Gasteiger partial charge in [0.15, 0.2) is 0 Å². The van der Waals surface area contributed by atoms with Gasteiger partial charge in [-0.1, -0.05) is 6.92 Å². The Morgan fingerprint density at radius 3 is 2.67 bits per heavy atom. The molecule has 0 spiro atoms. The van der Waals surface area contributed by atoms with E-state index in [9.17, 15) is 4.79 Å². The summed E-state index contributed by atoms with van der Waals surface area (Å²) < 4.78 is 0. The van der Waals surface area contributed by atoms with Crippen LogP contribution in [0.3, 0.4) is 0 Å². The van der Waals surface area contributed by atoms with Crippen LogP contribution in [0.2, 0.25) is 0 Å². The van der Waals surface area contributed by atoms with E-state index in [-0.39, 0.29) is 17.9 Å². The van der Waals surface area contributed by atoms with Crippen molar-refractivity contribution in [1.29, 1.82) is 5.41 Å². The number of nitrogens with one attached hydrogen (secondary N) is 3. The summed E-state index contributed by atoms with van der Waals surface area (Å²) in [6, 6.07) is -0.343. The quantitative estimate of drug-likeness (QED) is 0.458. The Kier molecular flexibility index (Phi) is 1.38. The fourth-order valence-corrected chi connectivity index (χ4v) is 0.782. The van der Waals surface area contributed by atoms with E-state index in [1.165, 1.54) is 0 Å². The average molecular weight is 127 g/mol. The van der Waals surface area contributed by atoms with Gasteiger partial charge in [-0.05, 0) is 6.42 Å². The molecule has 2 amide bonds. The van der Waals surface area contributed by atoms with Crippen LogP contribution >= 0.6 is 0 Å². The molecule has 50 valence electrons. The zero-order valence-corrected chi connectivity index (χ0v) is 5.19. The third-order valence-electron chi connectivity index (χ3n) is 1.31. The second-order valence-electron chi connectivity index (χ2n) is 1.97. The lowest BCUT2D eigenvalue weighted by atomic mass is 10.2. The molecule has 0 aromatic carbocycles. The molecule has 1 aliphatic heterocycles. The first kappa shape index (κ1) is 6.07. The SMILES string of the molecule is CCC1NC(=O)NC1=N. The van der Waals surface area contributed by atoms with Crippen molar-refractivity contribution in [3.05, 3.63) is 0 Å². The van der Waals surface area contributed by atoms with Crippen LogP contribution < -0.4 is 10.6 Å². The zero-order chi connectivity index (χ0) is 6.85. The Hall–Kier alpha value is -1.06. The molecule has 0 aliphatic carbocycles. The Bertz CT molecular complexity index is 154. The number of carbonyl (C=O) groups excluding carboxylic acids is 1. The van der Waals surface area contributed by atoms with Gasteiger partial charge in [-0.25, -0.2) is 4.79 Å². The van der Waals surface area contributed by atoms with E-state index in [1.54, 1.807) is 0 Å². The van der Waals surface area contributed by atoms with Crippen molar-refractivity contribution in [2.45, 2.75) is 19.4 Å². The zero-order valence-electron chi connectivity index (χ0n) is 5.19. The molecule has 1 unspecified atom stereocenters. The van der Waals surface area contributed by atoms with Gasteiger partial charge in [0.25, 0.3) is 0 Å². The highest BCUT2D eigenvalue weighted by Gasteiger charge is 2.23. The number of hydrogen-bond acceptors (Lipinski definition) is 2. The maximum absolute atomic E-state index is 10.5. The van der Waals surface area contributed by atoms with E-state index in [4.69, 9.17) is 5.41 Å². The summed E-state index contributed by atoms with van der Waals surface area (Å²) in [7, 11) is 0. The molecular formula is C5H9N3O. The standard InChI is InChI=1S/C5H9N3O/c1-2-3-4(6)8-5(9)7-3/h3H,2H2,1H3,(H3,6,7,8,9). The molecule has 1 heterocycles. The number of urea groups is 1. The van der Waals surface area contributed by atoms with Crippen LogP contribution in [-0.4, -0.2) is 17.9 Å². The van der Waals surface area contributed by atoms with Crippen LogP contribution in [0, 0.1) is 5.41 Å². The monoisotopic (exact) mass is 127 g/mol. The molecule has 1 saturated heterocycles. The summed E-state index contributed by atoms with van der Waals surface area (Å²) >= 11 is 0. The number of hydrogen-bond donors (Lipinski definition) is 3. The highest BCUT2D eigenvalue weighted by molar-refractivity contribution is 6.05. The van der Waals surface area contributed by atoms with Gasteiger partial charge in [0.05, 0.1) is 6.04 Å². The largest absolute Gasteiger partial charge is 0.328 e. The van der Waals surface area contributed by atoms with Crippen molar-refractivity contribution >= 4 is 11.9 Å². The van der Waals surface area contributed by atoms with Gasteiger partial charge >= 0.3 is 6.03 Å². The fraction of sp³-hybridized carbons (Fsp3) is 0.600. The first-order chi connectivity index (χ1) is 4.24. The Balaban J connectivity index is 2.58. The molecule has 9 heavy (non-hydrogen) atoms. The topological polar surface area (TPSA) is 65.0 Å². The summed E-state index contributed by atoms with van der Waals surface area (Å²) in [5.41, 5.74) is 0. The molecule has 0 saturated carbocycles. The van der Waals surface area contributed by atoms with E-state index >= 15 is 0 Å². The van der Waals surface area contributed by atoms with Crippen molar-refractivity contribution in [3.63, 3.8) is 0 Å². The van der Waals surface area contributed by atoms with E-state index in [0.717, 1.165) is 6.42 Å². The van der Waals surface area contributed by atoms with Gasteiger partial charge < -0.3 is 5.32 Å². The lowest BCUT2D eigenvalue weighted by Gasteiger charge is -2.01. The molecule has 0 aromatic rings. The minimum absolute atomic E-state index is 0.0856. The predicted molar refractivity (Wildman–Crippen MR) is 33.5 cm³/mol. The van der Waals surface area contributed by atoms with Crippen LogP contribution in [0.25, 0.3) is 0 Å². The van der Waals surface area contributed by atoms with Crippen molar-refractivity contribution in [2.24, 2.45) is 0 Å². The maximum Gasteiger partial charge on any atom is 0.320 e. The van der Waals surface area contributed by atoms with Gasteiger partial charge in [-0.2, -0.15) is 0 Å². The number of amides is 2. The molecule has 1 aliphatic rings. The number of carbonyl (C=O) groups is 1. The number of rotatable bonds is 1. The second kappa shape index (κ2) is 2.05. The van der Waals surface area contributed by atoms with Crippen molar-refractivity contribution in [3.8, 4) is 0 Å². The van der Waals surface area contributed by atoms with Crippen LogP contribution in [0.4, 0.5) is 4.79 Å². The third-order valence-corrected chi connectivity index (χ3v) is 1.31. The molecule has 4 nitrogen and oxygen atoms in total. The molecule has 4 heteroatoms. The van der Waals surface area contributed by atoms with Crippen LogP contribution in [0.1, 0.15) is 13.3 Å². The Morgan fingerprint density at radius 1 is 1.78 bits per heavy atom.